The number of hydrogen-bond donors (Lipinski definition) is 1. The molecule has 0 aliphatic carbocycles. The number of carbonyl (C=O) groups excluding carboxylic acids is 1. The Bertz CT molecular complexity index is 914. The number of alkyl halides is 6. The van der Waals surface area contributed by atoms with E-state index in [0.717, 1.165) is 0 Å². The molecule has 2 aromatic carbocycles. The van der Waals surface area contributed by atoms with Crippen LogP contribution in [-0.4, -0.2) is 28.9 Å². The molecule has 1 amide bonds. The predicted molar refractivity (Wildman–Crippen MR) is 89.2 cm³/mol. The summed E-state index contributed by atoms with van der Waals surface area (Å²) in [5.74, 6) is -3.94. The summed E-state index contributed by atoms with van der Waals surface area (Å²) in [4.78, 5) is 17.2. The highest BCUT2D eigenvalue weighted by molar-refractivity contribution is 5.97. The largest absolute Gasteiger partial charge is 0.429 e. The number of fused-ring (bicyclic) bond motifs is 3. The third-order valence-electron chi connectivity index (χ3n) is 5.17. The average molecular weight is 416 g/mol. The molecule has 2 atom stereocenters. The van der Waals surface area contributed by atoms with Gasteiger partial charge in [0.1, 0.15) is 5.92 Å². The van der Waals surface area contributed by atoms with Crippen molar-refractivity contribution >= 4 is 11.6 Å². The summed E-state index contributed by atoms with van der Waals surface area (Å²) in [5.41, 5.74) is -3.93. The van der Waals surface area contributed by atoms with Crippen LogP contribution in [0, 0.1) is 5.92 Å². The third kappa shape index (κ3) is 2.89. The molecule has 0 aromatic heterocycles. The summed E-state index contributed by atoms with van der Waals surface area (Å²) >= 11 is 0. The molecular weight excluding hydrogens is 402 g/mol. The van der Waals surface area contributed by atoms with Gasteiger partial charge in [0.25, 0.3) is 5.60 Å². The lowest BCUT2D eigenvalue weighted by atomic mass is 9.76. The third-order valence-corrected chi connectivity index (χ3v) is 5.17. The molecular formula is C19H14F6N2O2. The number of hydroxylamine groups is 2. The Hall–Kier alpha value is -2.59. The van der Waals surface area contributed by atoms with Crippen LogP contribution in [0.1, 0.15) is 17.2 Å². The van der Waals surface area contributed by atoms with E-state index >= 15 is 0 Å². The van der Waals surface area contributed by atoms with Crippen molar-refractivity contribution < 1.29 is 36.0 Å². The molecule has 1 fully saturated rings. The molecule has 0 bridgehead atoms. The van der Waals surface area contributed by atoms with Crippen LogP contribution in [0.2, 0.25) is 0 Å². The Morgan fingerprint density at radius 2 is 1.52 bits per heavy atom. The van der Waals surface area contributed by atoms with Gasteiger partial charge in [-0.1, -0.05) is 48.5 Å². The van der Waals surface area contributed by atoms with Crippen molar-refractivity contribution in [2.24, 2.45) is 5.92 Å². The second-order valence-electron chi connectivity index (χ2n) is 6.88. The van der Waals surface area contributed by atoms with Crippen molar-refractivity contribution in [1.29, 1.82) is 0 Å². The first-order valence-corrected chi connectivity index (χ1v) is 8.59. The molecule has 4 nitrogen and oxygen atoms in total. The van der Waals surface area contributed by atoms with Crippen molar-refractivity contribution in [3.63, 3.8) is 0 Å². The molecule has 1 saturated heterocycles. The molecule has 2 aliphatic rings. The van der Waals surface area contributed by atoms with E-state index < -0.39 is 35.8 Å². The van der Waals surface area contributed by atoms with E-state index in [9.17, 15) is 31.1 Å². The van der Waals surface area contributed by atoms with E-state index in [-0.39, 0.29) is 17.8 Å². The summed E-state index contributed by atoms with van der Waals surface area (Å²) < 4.78 is 83.4. The highest BCUT2D eigenvalue weighted by atomic mass is 19.4. The molecule has 2 heterocycles. The minimum absolute atomic E-state index is 0.128. The van der Waals surface area contributed by atoms with Crippen molar-refractivity contribution in [1.82, 2.24) is 5.06 Å². The zero-order valence-corrected chi connectivity index (χ0v) is 14.6. The lowest BCUT2D eigenvalue weighted by molar-refractivity contribution is -0.412. The van der Waals surface area contributed by atoms with Gasteiger partial charge in [-0.2, -0.15) is 31.4 Å². The second-order valence-corrected chi connectivity index (χ2v) is 6.88. The molecule has 0 unspecified atom stereocenters. The molecule has 2 aliphatic heterocycles. The Labute approximate surface area is 161 Å². The monoisotopic (exact) mass is 416 g/mol. The molecule has 154 valence electrons. The topological polar surface area (TPSA) is 41.6 Å². The summed E-state index contributed by atoms with van der Waals surface area (Å²) in [6, 6.07) is 12.2. The zero-order valence-electron chi connectivity index (χ0n) is 14.6. The molecule has 29 heavy (non-hydrogen) atoms. The van der Waals surface area contributed by atoms with E-state index in [2.05, 4.69) is 10.2 Å². The molecule has 0 spiro atoms. The number of halogens is 6. The normalized spacial score (nSPS) is 24.0. The van der Waals surface area contributed by atoms with E-state index in [0.29, 0.717) is 10.6 Å². The molecule has 0 saturated carbocycles. The van der Waals surface area contributed by atoms with Crippen LogP contribution in [0.3, 0.4) is 0 Å². The van der Waals surface area contributed by atoms with Gasteiger partial charge in [0.2, 0.25) is 5.91 Å². The first-order valence-electron chi connectivity index (χ1n) is 8.59. The lowest BCUT2D eigenvalue weighted by Crippen LogP contribution is -2.64. The Balaban J connectivity index is 1.91. The second kappa shape index (κ2) is 6.46. The van der Waals surface area contributed by atoms with Crippen LogP contribution >= 0.6 is 0 Å². The van der Waals surface area contributed by atoms with Gasteiger partial charge in [0, 0.05) is 12.2 Å². The number of nitrogens with one attached hydrogen (secondary N) is 1. The minimum atomic E-state index is -5.87. The highest BCUT2D eigenvalue weighted by Crippen LogP contribution is 2.61. The fourth-order valence-corrected chi connectivity index (χ4v) is 3.94. The van der Waals surface area contributed by atoms with Crippen molar-refractivity contribution in [2.45, 2.75) is 30.5 Å². The van der Waals surface area contributed by atoms with Crippen molar-refractivity contribution in [3.8, 4) is 0 Å². The first kappa shape index (κ1) is 19.7. The molecule has 10 heteroatoms. The number of anilines is 1. The predicted octanol–water partition coefficient (Wildman–Crippen LogP) is 4.61. The zero-order chi connectivity index (χ0) is 21.0. The lowest BCUT2D eigenvalue weighted by Gasteiger charge is -2.37. The SMILES string of the molecule is O=C1Nc2ccccc2[C@H]2[C@@H]1C(C(F)(F)F)(C(F)(F)F)ON2Cc1ccccc1. The van der Waals surface area contributed by atoms with Gasteiger partial charge < -0.3 is 5.32 Å². The smallest absolute Gasteiger partial charge is 0.325 e. The minimum Gasteiger partial charge on any atom is -0.325 e. The number of carbonyl (C=O) groups is 1. The van der Waals surface area contributed by atoms with Gasteiger partial charge in [-0.25, -0.2) is 0 Å². The van der Waals surface area contributed by atoms with Crippen molar-refractivity contribution in [2.75, 3.05) is 5.32 Å². The van der Waals surface area contributed by atoms with Crippen LogP contribution in [0.5, 0.6) is 0 Å². The number of para-hydroxylation sites is 1. The van der Waals surface area contributed by atoms with Gasteiger partial charge in [0.15, 0.2) is 0 Å². The fraction of sp³-hybridized carbons (Fsp3) is 0.316. The van der Waals surface area contributed by atoms with Crippen LogP contribution in [0.4, 0.5) is 32.0 Å². The fourth-order valence-electron chi connectivity index (χ4n) is 3.94. The molecule has 2 aromatic rings. The summed E-state index contributed by atoms with van der Waals surface area (Å²) in [6.07, 6.45) is -11.7. The Morgan fingerprint density at radius 1 is 0.931 bits per heavy atom. The molecule has 1 N–H and O–H groups in total. The number of nitrogens with zero attached hydrogens (tertiary/aromatic N) is 1. The summed E-state index contributed by atoms with van der Waals surface area (Å²) in [7, 11) is 0. The van der Waals surface area contributed by atoms with E-state index in [1.165, 1.54) is 24.3 Å². The van der Waals surface area contributed by atoms with E-state index in [1.807, 2.05) is 0 Å². The maximum Gasteiger partial charge on any atom is 0.429 e. The van der Waals surface area contributed by atoms with Crippen LogP contribution in [-0.2, 0) is 16.2 Å². The highest BCUT2D eigenvalue weighted by Gasteiger charge is 2.83. The van der Waals surface area contributed by atoms with Crippen LogP contribution in [0.15, 0.2) is 54.6 Å². The Morgan fingerprint density at radius 3 is 2.14 bits per heavy atom. The van der Waals surface area contributed by atoms with Crippen LogP contribution in [0.25, 0.3) is 0 Å². The number of benzene rings is 2. The molecule has 4 rings (SSSR count). The number of rotatable bonds is 2. The summed E-state index contributed by atoms with van der Waals surface area (Å²) in [6.45, 7) is -0.364. The Kier molecular flexibility index (Phi) is 4.39. The maximum absolute atomic E-state index is 13.9. The van der Waals surface area contributed by atoms with Gasteiger partial charge >= 0.3 is 12.4 Å². The van der Waals surface area contributed by atoms with E-state index in [1.54, 1.807) is 30.3 Å². The number of hydrogen-bond acceptors (Lipinski definition) is 3. The first-order chi connectivity index (χ1) is 13.6. The van der Waals surface area contributed by atoms with Crippen LogP contribution < -0.4 is 5.32 Å². The summed E-state index contributed by atoms with van der Waals surface area (Å²) in [5, 5.41) is 2.79. The van der Waals surface area contributed by atoms with Crippen molar-refractivity contribution in [3.05, 3.63) is 65.7 Å². The average Bonchev–Trinajstić information content (AvgIpc) is 3.00. The van der Waals surface area contributed by atoms with Gasteiger partial charge in [0.05, 0.1) is 6.04 Å². The van der Waals surface area contributed by atoms with Gasteiger partial charge in [-0.15, -0.1) is 0 Å². The quantitative estimate of drug-likeness (QED) is 0.728. The molecule has 0 radical (unpaired) electrons. The standard InChI is InChI=1S/C19H14F6N2O2/c20-18(21,22)17(19(23,24)25)14-15(12-8-4-5-9-13(12)26-16(14)28)27(29-17)10-11-6-2-1-3-7-11/h1-9,14-15H,10H2,(H,26,28)/t14-,15-/m0/s1. The van der Waals surface area contributed by atoms with Gasteiger partial charge in [-0.3, -0.25) is 9.63 Å². The van der Waals surface area contributed by atoms with E-state index in [4.69, 9.17) is 0 Å². The maximum atomic E-state index is 13.9. The van der Waals surface area contributed by atoms with Gasteiger partial charge in [-0.05, 0) is 17.2 Å². The number of amides is 1.